The summed E-state index contributed by atoms with van der Waals surface area (Å²) in [5, 5.41) is 15.1. The molecule has 2 rings (SSSR count). The summed E-state index contributed by atoms with van der Waals surface area (Å²) < 4.78 is 19.4. The average Bonchev–Trinajstić information content (AvgIpc) is 2.64. The molecule has 2 aromatic carbocycles. The third kappa shape index (κ3) is 5.21. The summed E-state index contributed by atoms with van der Waals surface area (Å²) in [5.74, 6) is 0.998. The molecule has 6 heteroatoms. The maximum Gasteiger partial charge on any atom is 0.191 e. The highest BCUT2D eigenvalue weighted by molar-refractivity contribution is 5.79. The molecule has 0 amide bonds. The Morgan fingerprint density at radius 1 is 1.16 bits per heavy atom. The highest BCUT2D eigenvalue weighted by atomic mass is 19.1. The first-order valence-electron chi connectivity index (χ1n) is 8.01. The maximum absolute atomic E-state index is 13.8. The SMILES string of the molecule is CCOc1ccccc1CNC(=NC)NCc1cc(C#N)ccc1F. The van der Waals surface area contributed by atoms with Crippen LogP contribution in [0, 0.1) is 17.1 Å². The van der Waals surface area contributed by atoms with Gasteiger partial charge in [-0.25, -0.2) is 4.39 Å². The number of benzene rings is 2. The number of para-hydroxylation sites is 1. The molecule has 0 unspecified atom stereocenters. The summed E-state index contributed by atoms with van der Waals surface area (Å²) in [6, 6.07) is 14.0. The van der Waals surface area contributed by atoms with Gasteiger partial charge < -0.3 is 15.4 Å². The van der Waals surface area contributed by atoms with E-state index in [9.17, 15) is 4.39 Å². The Labute approximate surface area is 147 Å². The minimum atomic E-state index is -0.358. The number of aliphatic imine (C=N–C) groups is 1. The molecule has 25 heavy (non-hydrogen) atoms. The molecular weight excluding hydrogens is 319 g/mol. The van der Waals surface area contributed by atoms with Crippen molar-refractivity contribution < 1.29 is 9.13 Å². The normalized spacial score (nSPS) is 10.9. The van der Waals surface area contributed by atoms with Gasteiger partial charge in [0.2, 0.25) is 0 Å². The van der Waals surface area contributed by atoms with Crippen LogP contribution in [0.25, 0.3) is 0 Å². The van der Waals surface area contributed by atoms with Gasteiger partial charge in [-0.05, 0) is 31.2 Å². The van der Waals surface area contributed by atoms with Gasteiger partial charge in [0.05, 0.1) is 18.2 Å². The van der Waals surface area contributed by atoms with Gasteiger partial charge in [-0.3, -0.25) is 4.99 Å². The van der Waals surface area contributed by atoms with Gasteiger partial charge in [0.25, 0.3) is 0 Å². The highest BCUT2D eigenvalue weighted by Gasteiger charge is 2.07. The Bertz CT molecular complexity index is 783. The van der Waals surface area contributed by atoms with Crippen LogP contribution in [0.3, 0.4) is 0 Å². The summed E-state index contributed by atoms with van der Waals surface area (Å²) in [6.45, 7) is 3.29. The number of rotatable bonds is 6. The maximum atomic E-state index is 13.8. The van der Waals surface area contributed by atoms with Crippen molar-refractivity contribution in [1.29, 1.82) is 5.26 Å². The zero-order valence-electron chi connectivity index (χ0n) is 14.3. The fourth-order valence-electron chi connectivity index (χ4n) is 2.30. The standard InChI is InChI=1S/C19H21FN4O/c1-3-25-18-7-5-4-6-15(18)12-23-19(22-2)24-13-16-10-14(11-21)8-9-17(16)20/h4-10H,3,12-13H2,1-2H3,(H2,22,23,24). The summed E-state index contributed by atoms with van der Waals surface area (Å²) in [7, 11) is 1.64. The van der Waals surface area contributed by atoms with Crippen LogP contribution >= 0.6 is 0 Å². The molecule has 0 saturated carbocycles. The second kappa shape index (κ2) is 9.28. The van der Waals surface area contributed by atoms with Crippen LogP contribution in [-0.2, 0) is 13.1 Å². The van der Waals surface area contributed by atoms with E-state index in [0.717, 1.165) is 11.3 Å². The fraction of sp³-hybridized carbons (Fsp3) is 0.263. The zero-order chi connectivity index (χ0) is 18.1. The molecule has 0 atom stereocenters. The number of halogens is 1. The molecule has 0 aliphatic rings. The molecule has 0 aliphatic heterocycles. The van der Waals surface area contributed by atoms with Crippen molar-refractivity contribution in [2.75, 3.05) is 13.7 Å². The Morgan fingerprint density at radius 2 is 1.88 bits per heavy atom. The van der Waals surface area contributed by atoms with Crippen LogP contribution in [0.15, 0.2) is 47.5 Å². The first-order chi connectivity index (χ1) is 12.2. The molecule has 0 saturated heterocycles. The molecule has 5 nitrogen and oxygen atoms in total. The third-order valence-corrected chi connectivity index (χ3v) is 3.56. The lowest BCUT2D eigenvalue weighted by Crippen LogP contribution is -2.36. The summed E-state index contributed by atoms with van der Waals surface area (Å²) in [6.07, 6.45) is 0. The predicted octanol–water partition coefficient (Wildman–Crippen LogP) is 2.96. The van der Waals surface area contributed by atoms with Crippen LogP contribution in [0.1, 0.15) is 23.6 Å². The van der Waals surface area contributed by atoms with E-state index in [1.54, 1.807) is 7.05 Å². The van der Waals surface area contributed by atoms with Gasteiger partial charge in [-0.2, -0.15) is 5.26 Å². The quantitative estimate of drug-likeness (QED) is 0.627. The van der Waals surface area contributed by atoms with Crippen LogP contribution in [0.2, 0.25) is 0 Å². The first kappa shape index (κ1) is 18.3. The van der Waals surface area contributed by atoms with Crippen LogP contribution in [0.4, 0.5) is 4.39 Å². The molecule has 130 valence electrons. The van der Waals surface area contributed by atoms with Crippen LogP contribution in [0.5, 0.6) is 5.75 Å². The van der Waals surface area contributed by atoms with E-state index in [-0.39, 0.29) is 12.4 Å². The number of hydrogen-bond acceptors (Lipinski definition) is 3. The van der Waals surface area contributed by atoms with Crippen LogP contribution < -0.4 is 15.4 Å². The minimum Gasteiger partial charge on any atom is -0.494 e. The first-order valence-corrected chi connectivity index (χ1v) is 8.01. The van der Waals surface area contributed by atoms with E-state index in [1.807, 2.05) is 37.3 Å². The molecule has 0 fully saturated rings. The monoisotopic (exact) mass is 340 g/mol. The molecule has 0 heterocycles. The van der Waals surface area contributed by atoms with E-state index in [2.05, 4.69) is 15.6 Å². The topological polar surface area (TPSA) is 69.4 Å². The lowest BCUT2D eigenvalue weighted by molar-refractivity contribution is 0.336. The van der Waals surface area contributed by atoms with Crippen molar-refractivity contribution in [2.45, 2.75) is 20.0 Å². The van der Waals surface area contributed by atoms with Gasteiger partial charge in [-0.1, -0.05) is 18.2 Å². The largest absolute Gasteiger partial charge is 0.494 e. The van der Waals surface area contributed by atoms with Crippen molar-refractivity contribution in [3.05, 3.63) is 65.0 Å². The summed E-state index contributed by atoms with van der Waals surface area (Å²) in [4.78, 5) is 4.13. The third-order valence-electron chi connectivity index (χ3n) is 3.56. The number of guanidine groups is 1. The molecule has 2 N–H and O–H groups in total. The van der Waals surface area contributed by atoms with E-state index < -0.39 is 0 Å². The molecule has 0 aromatic heterocycles. The van der Waals surface area contributed by atoms with Crippen molar-refractivity contribution in [1.82, 2.24) is 10.6 Å². The van der Waals surface area contributed by atoms with Crippen molar-refractivity contribution in [3.8, 4) is 11.8 Å². The van der Waals surface area contributed by atoms with Gasteiger partial charge in [0.1, 0.15) is 11.6 Å². The molecule has 0 aliphatic carbocycles. The smallest absolute Gasteiger partial charge is 0.191 e. The average molecular weight is 340 g/mol. The van der Waals surface area contributed by atoms with E-state index >= 15 is 0 Å². The lowest BCUT2D eigenvalue weighted by atomic mass is 10.1. The second-order valence-corrected chi connectivity index (χ2v) is 5.24. The Balaban J connectivity index is 1.97. The van der Waals surface area contributed by atoms with Crippen LogP contribution in [-0.4, -0.2) is 19.6 Å². The molecule has 2 aromatic rings. The van der Waals surface area contributed by atoms with E-state index in [0.29, 0.717) is 30.2 Å². The number of nitrogens with zero attached hydrogens (tertiary/aromatic N) is 2. The van der Waals surface area contributed by atoms with Gasteiger partial charge in [0.15, 0.2) is 5.96 Å². The van der Waals surface area contributed by atoms with Gasteiger partial charge in [0, 0.05) is 31.3 Å². The van der Waals surface area contributed by atoms with Gasteiger partial charge in [-0.15, -0.1) is 0 Å². The Morgan fingerprint density at radius 3 is 2.56 bits per heavy atom. The lowest BCUT2D eigenvalue weighted by Gasteiger charge is -2.14. The zero-order valence-corrected chi connectivity index (χ0v) is 14.3. The Hall–Kier alpha value is -3.07. The molecule has 0 spiro atoms. The summed E-state index contributed by atoms with van der Waals surface area (Å²) >= 11 is 0. The highest BCUT2D eigenvalue weighted by Crippen LogP contribution is 2.17. The van der Waals surface area contributed by atoms with Gasteiger partial charge >= 0.3 is 0 Å². The van der Waals surface area contributed by atoms with E-state index in [4.69, 9.17) is 10.00 Å². The Kier molecular flexibility index (Phi) is 6.78. The predicted molar refractivity (Wildman–Crippen MR) is 95.8 cm³/mol. The molecule has 0 radical (unpaired) electrons. The number of ether oxygens (including phenoxy) is 1. The van der Waals surface area contributed by atoms with Crippen molar-refractivity contribution in [2.24, 2.45) is 4.99 Å². The number of nitriles is 1. The second-order valence-electron chi connectivity index (χ2n) is 5.24. The van der Waals surface area contributed by atoms with Crippen molar-refractivity contribution >= 4 is 5.96 Å². The number of hydrogen-bond donors (Lipinski definition) is 2. The minimum absolute atomic E-state index is 0.230. The molecule has 0 bridgehead atoms. The summed E-state index contributed by atoms with van der Waals surface area (Å²) in [5.41, 5.74) is 1.84. The molecular formula is C19H21FN4O. The number of nitrogens with one attached hydrogen (secondary N) is 2. The van der Waals surface area contributed by atoms with E-state index in [1.165, 1.54) is 18.2 Å². The fourth-order valence-corrected chi connectivity index (χ4v) is 2.30. The van der Waals surface area contributed by atoms with Crippen molar-refractivity contribution in [3.63, 3.8) is 0 Å².